The van der Waals surface area contributed by atoms with Crippen LogP contribution in [0.25, 0.3) is 0 Å². The molecule has 0 spiro atoms. The Morgan fingerprint density at radius 2 is 1.35 bits per heavy atom. The van der Waals surface area contributed by atoms with Crippen LogP contribution in [0.5, 0.6) is 0 Å². The predicted molar refractivity (Wildman–Crippen MR) is 146 cm³/mol. The smallest absolute Gasteiger partial charge is 0.0552 e. The Labute approximate surface area is 203 Å². The molecule has 1 aliphatic rings. The van der Waals surface area contributed by atoms with Gasteiger partial charge in [0, 0.05) is 11.0 Å². The molecule has 1 fully saturated rings. The molecule has 1 aliphatic heterocycles. The van der Waals surface area contributed by atoms with Crippen molar-refractivity contribution < 1.29 is 10.2 Å². The highest BCUT2D eigenvalue weighted by Crippen LogP contribution is 2.36. The fourth-order valence-electron chi connectivity index (χ4n) is 2.65. The van der Waals surface area contributed by atoms with E-state index in [4.69, 9.17) is 0 Å². The minimum absolute atomic E-state index is 0. The quantitative estimate of drug-likeness (QED) is 0.314. The molecule has 0 aromatic rings. The lowest BCUT2D eigenvalue weighted by Crippen LogP contribution is -2.36. The van der Waals surface area contributed by atoms with Crippen LogP contribution in [0.15, 0.2) is 23.0 Å². The number of aliphatic hydroxyl groups excluding tert-OH is 2. The third-order valence-corrected chi connectivity index (χ3v) is 8.07. The lowest BCUT2D eigenvalue weighted by Gasteiger charge is -2.27. The first-order valence-corrected chi connectivity index (χ1v) is 13.2. The summed E-state index contributed by atoms with van der Waals surface area (Å²) in [4.78, 5) is 2.20. The SMILES string of the molecule is C.C=C(SCCC(C)(C)C)C(C)(CO)CO.C=C(SCCC(C)(C)C)C1(C)CCCN1. The highest BCUT2D eigenvalue weighted by molar-refractivity contribution is 8.03. The Balaban J connectivity index is 0. The van der Waals surface area contributed by atoms with E-state index in [9.17, 15) is 10.2 Å². The Bertz CT molecular complexity index is 491. The molecule has 0 amide bonds. The van der Waals surface area contributed by atoms with Crippen molar-refractivity contribution in [2.45, 2.75) is 94.0 Å². The molecule has 0 radical (unpaired) electrons. The molecule has 1 rings (SSSR count). The van der Waals surface area contributed by atoms with Crippen LogP contribution in [0.2, 0.25) is 0 Å². The molecule has 5 heteroatoms. The Morgan fingerprint density at radius 1 is 0.903 bits per heavy atom. The standard InChI is InChI=1S/C13H25NS.C12H24O2S.CH4/c1-11(13(5)7-6-9-14-13)15-10-8-12(2,3)4;1-10(12(5,8-13)9-14)15-7-6-11(2,3)4;/h14H,1,6-10H2,2-5H3;13-14H,1,6-9H2,2-5H3;1H4. The summed E-state index contributed by atoms with van der Waals surface area (Å²) in [6.07, 6.45) is 4.89. The van der Waals surface area contributed by atoms with E-state index in [0.29, 0.717) is 10.8 Å². The van der Waals surface area contributed by atoms with Crippen LogP contribution in [0, 0.1) is 16.2 Å². The third kappa shape index (κ3) is 14.0. The third-order valence-electron chi connectivity index (χ3n) is 5.61. The van der Waals surface area contributed by atoms with Gasteiger partial charge in [0.25, 0.3) is 0 Å². The molecule has 0 aromatic carbocycles. The number of thioether (sulfide) groups is 2. The molecule has 3 nitrogen and oxygen atoms in total. The minimum Gasteiger partial charge on any atom is -0.395 e. The Hall–Kier alpha value is 0.0600. The van der Waals surface area contributed by atoms with Crippen molar-refractivity contribution in [2.75, 3.05) is 31.3 Å². The zero-order valence-corrected chi connectivity index (χ0v) is 22.6. The van der Waals surface area contributed by atoms with E-state index >= 15 is 0 Å². The maximum Gasteiger partial charge on any atom is 0.0552 e. The maximum atomic E-state index is 9.18. The van der Waals surface area contributed by atoms with Crippen LogP contribution >= 0.6 is 23.5 Å². The first-order chi connectivity index (χ1) is 13.6. The van der Waals surface area contributed by atoms with E-state index in [0.717, 1.165) is 23.6 Å². The lowest BCUT2D eigenvalue weighted by atomic mass is 9.93. The topological polar surface area (TPSA) is 52.5 Å². The first-order valence-electron chi connectivity index (χ1n) is 11.2. The Morgan fingerprint density at radius 3 is 1.71 bits per heavy atom. The van der Waals surface area contributed by atoms with E-state index in [1.807, 2.05) is 18.7 Å². The summed E-state index contributed by atoms with van der Waals surface area (Å²) in [7, 11) is 0. The number of nitrogens with one attached hydrogen (secondary N) is 1. The van der Waals surface area contributed by atoms with Crippen molar-refractivity contribution in [1.29, 1.82) is 0 Å². The average Bonchev–Trinajstić information content (AvgIpc) is 3.07. The fraction of sp³-hybridized carbons (Fsp3) is 0.846. The molecule has 1 atom stereocenters. The summed E-state index contributed by atoms with van der Waals surface area (Å²) >= 11 is 3.59. The molecule has 0 aliphatic carbocycles. The number of hydrogen-bond acceptors (Lipinski definition) is 5. The van der Waals surface area contributed by atoms with Gasteiger partial charge in [0.15, 0.2) is 0 Å². The monoisotopic (exact) mass is 475 g/mol. The van der Waals surface area contributed by atoms with Gasteiger partial charge >= 0.3 is 0 Å². The van der Waals surface area contributed by atoms with E-state index in [1.165, 1.54) is 29.9 Å². The molecule has 3 N–H and O–H groups in total. The summed E-state index contributed by atoms with van der Waals surface area (Å²) in [5.41, 5.74) is 0.407. The molecule has 1 unspecified atom stereocenters. The van der Waals surface area contributed by atoms with E-state index in [-0.39, 0.29) is 26.2 Å². The van der Waals surface area contributed by atoms with Crippen molar-refractivity contribution in [3.63, 3.8) is 0 Å². The molecule has 31 heavy (non-hydrogen) atoms. The molecular formula is C26H53NO2S2. The predicted octanol–water partition coefficient (Wildman–Crippen LogP) is 7.11. The summed E-state index contributed by atoms with van der Waals surface area (Å²) < 4.78 is 0. The van der Waals surface area contributed by atoms with Crippen molar-refractivity contribution in [3.05, 3.63) is 23.0 Å². The molecule has 0 aromatic heterocycles. The molecule has 0 saturated carbocycles. The second kappa shape index (κ2) is 14.3. The van der Waals surface area contributed by atoms with Gasteiger partial charge in [-0.1, -0.05) is 69.1 Å². The second-order valence-electron chi connectivity index (χ2n) is 11.4. The van der Waals surface area contributed by atoms with Crippen LogP contribution in [0.1, 0.15) is 88.5 Å². The van der Waals surface area contributed by atoms with Gasteiger partial charge in [0.2, 0.25) is 0 Å². The summed E-state index contributed by atoms with van der Waals surface area (Å²) in [6.45, 7) is 26.8. The zero-order chi connectivity index (χ0) is 23.6. The van der Waals surface area contributed by atoms with Gasteiger partial charge in [0.05, 0.1) is 13.2 Å². The van der Waals surface area contributed by atoms with Crippen molar-refractivity contribution in [1.82, 2.24) is 5.32 Å². The summed E-state index contributed by atoms with van der Waals surface area (Å²) in [5.74, 6) is 2.18. The molecule has 1 heterocycles. The van der Waals surface area contributed by atoms with Gasteiger partial charge in [-0.05, 0) is 71.3 Å². The Kier molecular flexibility index (Phi) is 15.4. The normalized spacial score (nSPS) is 19.3. The second-order valence-corrected chi connectivity index (χ2v) is 13.8. The molecule has 0 bridgehead atoms. The number of aliphatic hydroxyl groups is 2. The molecule has 1 saturated heterocycles. The lowest BCUT2D eigenvalue weighted by molar-refractivity contribution is 0.106. The average molecular weight is 476 g/mol. The van der Waals surface area contributed by atoms with Gasteiger partial charge < -0.3 is 15.5 Å². The van der Waals surface area contributed by atoms with Gasteiger partial charge in [-0.3, -0.25) is 0 Å². The van der Waals surface area contributed by atoms with Gasteiger partial charge in [0.1, 0.15) is 0 Å². The van der Waals surface area contributed by atoms with Crippen LogP contribution in [-0.2, 0) is 0 Å². The van der Waals surface area contributed by atoms with Crippen LogP contribution < -0.4 is 5.32 Å². The van der Waals surface area contributed by atoms with Gasteiger partial charge in [-0.15, -0.1) is 23.5 Å². The number of rotatable bonds is 10. The highest BCUT2D eigenvalue weighted by Gasteiger charge is 2.31. The van der Waals surface area contributed by atoms with Gasteiger partial charge in [-0.25, -0.2) is 0 Å². The summed E-state index contributed by atoms with van der Waals surface area (Å²) in [5, 5.41) is 21.9. The van der Waals surface area contributed by atoms with Crippen LogP contribution in [-0.4, -0.2) is 47.0 Å². The first kappa shape index (κ1) is 33.2. The van der Waals surface area contributed by atoms with Crippen molar-refractivity contribution in [3.8, 4) is 0 Å². The van der Waals surface area contributed by atoms with Crippen LogP contribution in [0.4, 0.5) is 0 Å². The van der Waals surface area contributed by atoms with Crippen molar-refractivity contribution >= 4 is 23.5 Å². The molecular weight excluding hydrogens is 422 g/mol. The zero-order valence-electron chi connectivity index (χ0n) is 21.0. The number of hydrogen-bond donors (Lipinski definition) is 3. The van der Waals surface area contributed by atoms with Gasteiger partial charge in [-0.2, -0.15) is 0 Å². The maximum absolute atomic E-state index is 9.18. The van der Waals surface area contributed by atoms with E-state index in [2.05, 4.69) is 66.9 Å². The summed E-state index contributed by atoms with van der Waals surface area (Å²) in [6, 6.07) is 0. The largest absolute Gasteiger partial charge is 0.395 e. The highest BCUT2D eigenvalue weighted by atomic mass is 32.2. The van der Waals surface area contributed by atoms with Crippen molar-refractivity contribution in [2.24, 2.45) is 16.2 Å². The fourth-order valence-corrected chi connectivity index (χ4v) is 5.55. The minimum atomic E-state index is -0.553. The molecule has 186 valence electrons. The van der Waals surface area contributed by atoms with E-state index in [1.54, 1.807) is 11.8 Å². The van der Waals surface area contributed by atoms with E-state index < -0.39 is 5.41 Å². The van der Waals surface area contributed by atoms with Crippen LogP contribution in [0.3, 0.4) is 0 Å².